The first-order valence-corrected chi connectivity index (χ1v) is 12.5. The second-order valence-electron chi connectivity index (χ2n) is 9.64. The Labute approximate surface area is 220 Å². The van der Waals surface area contributed by atoms with Crippen molar-refractivity contribution in [2.75, 3.05) is 5.32 Å². The van der Waals surface area contributed by atoms with Crippen LogP contribution in [0.1, 0.15) is 47.2 Å². The van der Waals surface area contributed by atoms with E-state index in [9.17, 15) is 29.6 Å². The first kappa shape index (κ1) is 26.5. The summed E-state index contributed by atoms with van der Waals surface area (Å²) >= 11 is 0. The molecule has 38 heavy (non-hydrogen) atoms. The molecular formula is C29H29N3O6. The molecule has 1 aliphatic rings. The lowest BCUT2D eigenvalue weighted by Crippen LogP contribution is -2.49. The van der Waals surface area contributed by atoms with E-state index < -0.39 is 28.3 Å². The Hall–Kier alpha value is -4.53. The van der Waals surface area contributed by atoms with Crippen LogP contribution in [0.4, 0.5) is 11.4 Å². The Morgan fingerprint density at radius 1 is 0.895 bits per heavy atom. The topological polar surface area (TPSA) is 139 Å². The van der Waals surface area contributed by atoms with Crippen molar-refractivity contribution in [1.82, 2.24) is 5.32 Å². The summed E-state index contributed by atoms with van der Waals surface area (Å²) in [5.74, 6) is -1.99. The van der Waals surface area contributed by atoms with Crippen molar-refractivity contribution in [3.8, 4) is 0 Å². The fraction of sp³-hybridized carbons (Fsp3) is 0.276. The molecule has 1 aliphatic carbocycles. The highest BCUT2D eigenvalue weighted by atomic mass is 16.6. The van der Waals surface area contributed by atoms with Gasteiger partial charge in [-0.05, 0) is 48.6 Å². The molecule has 0 radical (unpaired) electrons. The molecule has 1 fully saturated rings. The zero-order valence-electron chi connectivity index (χ0n) is 20.8. The van der Waals surface area contributed by atoms with Gasteiger partial charge in [-0.2, -0.15) is 0 Å². The zero-order valence-corrected chi connectivity index (χ0v) is 20.8. The van der Waals surface area contributed by atoms with Crippen LogP contribution in [0, 0.1) is 15.5 Å². The van der Waals surface area contributed by atoms with Gasteiger partial charge in [-0.15, -0.1) is 0 Å². The first-order valence-electron chi connectivity index (χ1n) is 12.5. The number of para-hydroxylation sites is 1. The van der Waals surface area contributed by atoms with Gasteiger partial charge in [0, 0.05) is 18.2 Å². The molecule has 9 nitrogen and oxygen atoms in total. The van der Waals surface area contributed by atoms with Gasteiger partial charge in [-0.25, -0.2) is 4.79 Å². The average molecular weight is 516 g/mol. The quantitative estimate of drug-likeness (QED) is 0.263. The SMILES string of the molecule is O=C(Nc1ccc(CC(NC(=O)C2(Cc3ccccc3)CCCC2)C(=O)O)cc1)c1ccccc1[N+](=O)[O-]. The predicted molar refractivity (Wildman–Crippen MR) is 142 cm³/mol. The lowest BCUT2D eigenvalue weighted by Gasteiger charge is -2.29. The van der Waals surface area contributed by atoms with Crippen molar-refractivity contribution in [2.24, 2.45) is 5.41 Å². The number of hydrogen-bond donors (Lipinski definition) is 3. The van der Waals surface area contributed by atoms with Gasteiger partial charge in [-0.1, -0.05) is 67.4 Å². The molecule has 0 bridgehead atoms. The Morgan fingerprint density at radius 3 is 2.16 bits per heavy atom. The molecule has 0 spiro atoms. The number of benzene rings is 3. The first-order chi connectivity index (χ1) is 18.3. The van der Waals surface area contributed by atoms with Crippen LogP contribution in [0.15, 0.2) is 78.9 Å². The maximum atomic E-state index is 13.4. The van der Waals surface area contributed by atoms with Gasteiger partial charge in [0.05, 0.1) is 10.3 Å². The van der Waals surface area contributed by atoms with E-state index in [0.29, 0.717) is 30.5 Å². The number of carbonyl (C=O) groups excluding carboxylic acids is 2. The molecule has 1 saturated carbocycles. The average Bonchev–Trinajstić information content (AvgIpc) is 3.39. The van der Waals surface area contributed by atoms with Gasteiger partial charge in [0.25, 0.3) is 11.6 Å². The number of nitrogens with one attached hydrogen (secondary N) is 2. The molecule has 4 rings (SSSR count). The van der Waals surface area contributed by atoms with E-state index in [1.165, 1.54) is 18.2 Å². The second kappa shape index (κ2) is 11.7. The lowest BCUT2D eigenvalue weighted by molar-refractivity contribution is -0.385. The number of carbonyl (C=O) groups is 3. The van der Waals surface area contributed by atoms with E-state index in [1.54, 1.807) is 30.3 Å². The highest BCUT2D eigenvalue weighted by Gasteiger charge is 2.42. The molecule has 0 saturated heterocycles. The highest BCUT2D eigenvalue weighted by Crippen LogP contribution is 2.41. The van der Waals surface area contributed by atoms with Gasteiger partial charge in [0.2, 0.25) is 5.91 Å². The monoisotopic (exact) mass is 515 g/mol. The summed E-state index contributed by atoms with van der Waals surface area (Å²) in [5.41, 5.74) is 1.13. The van der Waals surface area contributed by atoms with Crippen molar-refractivity contribution >= 4 is 29.2 Å². The molecule has 3 aromatic rings. The van der Waals surface area contributed by atoms with E-state index in [2.05, 4.69) is 10.6 Å². The largest absolute Gasteiger partial charge is 0.480 e. The Kier molecular flexibility index (Phi) is 8.15. The molecule has 0 aromatic heterocycles. The predicted octanol–water partition coefficient (Wildman–Crippen LogP) is 4.76. The number of anilines is 1. The van der Waals surface area contributed by atoms with Crippen LogP contribution < -0.4 is 10.6 Å². The molecule has 3 aromatic carbocycles. The molecule has 0 heterocycles. The number of amides is 2. The molecular weight excluding hydrogens is 486 g/mol. The van der Waals surface area contributed by atoms with Crippen LogP contribution in [-0.4, -0.2) is 33.9 Å². The van der Waals surface area contributed by atoms with Crippen LogP contribution in [0.3, 0.4) is 0 Å². The molecule has 196 valence electrons. The smallest absolute Gasteiger partial charge is 0.326 e. The normalized spacial score (nSPS) is 14.8. The minimum atomic E-state index is -1.13. The summed E-state index contributed by atoms with van der Waals surface area (Å²) in [4.78, 5) is 48.6. The van der Waals surface area contributed by atoms with Crippen LogP contribution in [0.25, 0.3) is 0 Å². The maximum Gasteiger partial charge on any atom is 0.326 e. The van der Waals surface area contributed by atoms with E-state index in [0.717, 1.165) is 18.4 Å². The third-order valence-electron chi connectivity index (χ3n) is 7.03. The summed E-state index contributed by atoms with van der Waals surface area (Å²) in [5, 5.41) is 26.4. The second-order valence-corrected chi connectivity index (χ2v) is 9.64. The van der Waals surface area contributed by atoms with Gasteiger partial charge in [0.1, 0.15) is 11.6 Å². The van der Waals surface area contributed by atoms with Crippen molar-refractivity contribution in [1.29, 1.82) is 0 Å². The fourth-order valence-corrected chi connectivity index (χ4v) is 5.02. The fourth-order valence-electron chi connectivity index (χ4n) is 5.02. The van der Waals surface area contributed by atoms with Gasteiger partial charge in [-0.3, -0.25) is 19.7 Å². The van der Waals surface area contributed by atoms with Crippen LogP contribution >= 0.6 is 0 Å². The van der Waals surface area contributed by atoms with Gasteiger partial charge >= 0.3 is 5.97 Å². The summed E-state index contributed by atoms with van der Waals surface area (Å²) in [6.45, 7) is 0. The Bertz CT molecular complexity index is 1320. The van der Waals surface area contributed by atoms with Crippen molar-refractivity contribution < 1.29 is 24.4 Å². The van der Waals surface area contributed by atoms with Crippen LogP contribution in [0.5, 0.6) is 0 Å². The third-order valence-corrected chi connectivity index (χ3v) is 7.03. The molecule has 2 amide bonds. The third kappa shape index (κ3) is 6.23. The standard InChI is InChI=1S/C29H29N3O6/c33-26(23-10-4-5-11-25(23)32(37)38)30-22-14-12-20(13-15-22)18-24(27(34)35)31-28(36)29(16-6-7-17-29)19-21-8-2-1-3-9-21/h1-5,8-15,24H,6-7,16-19H2,(H,30,33)(H,31,36)(H,34,35). The highest BCUT2D eigenvalue weighted by molar-refractivity contribution is 6.07. The van der Waals surface area contributed by atoms with Gasteiger partial charge in [0.15, 0.2) is 0 Å². The number of nitro groups is 1. The van der Waals surface area contributed by atoms with Crippen molar-refractivity contribution in [2.45, 2.75) is 44.6 Å². The van der Waals surface area contributed by atoms with E-state index >= 15 is 0 Å². The molecule has 3 N–H and O–H groups in total. The zero-order chi connectivity index (χ0) is 27.1. The molecule has 1 unspecified atom stereocenters. The van der Waals surface area contributed by atoms with E-state index in [4.69, 9.17) is 0 Å². The number of nitrogens with zero attached hydrogens (tertiary/aromatic N) is 1. The van der Waals surface area contributed by atoms with Crippen molar-refractivity contribution in [3.63, 3.8) is 0 Å². The summed E-state index contributed by atoms with van der Waals surface area (Å²) in [6, 6.07) is 20.8. The summed E-state index contributed by atoms with van der Waals surface area (Å²) in [6.07, 6.45) is 3.93. The number of carboxylic acids is 1. The number of carboxylic acid groups (broad SMARTS) is 1. The van der Waals surface area contributed by atoms with E-state index in [1.807, 2.05) is 30.3 Å². The van der Waals surface area contributed by atoms with Crippen LogP contribution in [0.2, 0.25) is 0 Å². The Balaban J connectivity index is 1.42. The van der Waals surface area contributed by atoms with Crippen molar-refractivity contribution in [3.05, 3.63) is 106 Å². The maximum absolute atomic E-state index is 13.4. The van der Waals surface area contributed by atoms with Gasteiger partial charge < -0.3 is 15.7 Å². The van der Waals surface area contributed by atoms with Crippen LogP contribution in [-0.2, 0) is 22.4 Å². The number of rotatable bonds is 10. The number of aliphatic carboxylic acids is 1. The number of hydrogen-bond acceptors (Lipinski definition) is 5. The summed E-state index contributed by atoms with van der Waals surface area (Å²) in [7, 11) is 0. The molecule has 0 aliphatic heterocycles. The lowest BCUT2D eigenvalue weighted by atomic mass is 9.79. The molecule has 9 heteroatoms. The summed E-state index contributed by atoms with van der Waals surface area (Å²) < 4.78 is 0. The minimum absolute atomic E-state index is 0.0634. The minimum Gasteiger partial charge on any atom is -0.480 e. The number of nitro benzene ring substituents is 1. The van der Waals surface area contributed by atoms with E-state index in [-0.39, 0.29) is 23.6 Å². The Morgan fingerprint density at radius 2 is 1.53 bits per heavy atom. The molecule has 1 atom stereocenters.